The molecule has 0 spiro atoms. The third kappa shape index (κ3) is 0.967. The lowest BCUT2D eigenvalue weighted by Crippen LogP contribution is -1.91. The van der Waals surface area contributed by atoms with E-state index in [-0.39, 0.29) is 0 Å². The van der Waals surface area contributed by atoms with Crippen LogP contribution < -0.4 is 0 Å². The van der Waals surface area contributed by atoms with Crippen molar-refractivity contribution in [2.24, 2.45) is 0 Å². The van der Waals surface area contributed by atoms with Gasteiger partial charge in [-0.05, 0) is 23.3 Å². The number of rotatable bonds is 1. The first-order valence-electron chi connectivity index (χ1n) is 3.68. The molecule has 2 rings (SSSR count). The lowest BCUT2D eigenvalue weighted by molar-refractivity contribution is 0.200. The average molecular weight is 164 g/mol. The predicted octanol–water partition coefficient (Wildman–Crippen LogP) is 1.28. The van der Waals surface area contributed by atoms with E-state index in [2.05, 4.69) is 14.9 Å². The van der Waals surface area contributed by atoms with Gasteiger partial charge in [0.2, 0.25) is 0 Å². The van der Waals surface area contributed by atoms with Crippen LogP contribution in [-0.4, -0.2) is 15.4 Å². The van der Waals surface area contributed by atoms with Crippen LogP contribution in [0.1, 0.15) is 18.6 Å². The van der Waals surface area contributed by atoms with Gasteiger partial charge in [-0.25, -0.2) is 4.63 Å². The molecule has 1 aromatic heterocycles. The first kappa shape index (κ1) is 7.24. The van der Waals surface area contributed by atoms with Crippen molar-refractivity contribution in [3.8, 4) is 0 Å². The van der Waals surface area contributed by atoms with Gasteiger partial charge in [0.05, 0.1) is 6.10 Å². The van der Waals surface area contributed by atoms with E-state index < -0.39 is 6.10 Å². The Labute approximate surface area is 68.8 Å². The van der Waals surface area contributed by atoms with Gasteiger partial charge in [0.25, 0.3) is 0 Å². The molecule has 62 valence electrons. The predicted molar refractivity (Wildman–Crippen MR) is 42.4 cm³/mol. The number of hydrogen-bond acceptors (Lipinski definition) is 4. The molecule has 0 radical (unpaired) electrons. The van der Waals surface area contributed by atoms with Crippen molar-refractivity contribution < 1.29 is 9.74 Å². The number of fused-ring (bicyclic) bond motifs is 1. The van der Waals surface area contributed by atoms with Crippen molar-refractivity contribution in [1.82, 2.24) is 10.3 Å². The second-order valence-electron chi connectivity index (χ2n) is 2.66. The second-order valence-corrected chi connectivity index (χ2v) is 2.66. The fraction of sp³-hybridized carbons (Fsp3) is 0.250. The monoisotopic (exact) mass is 164 g/mol. The summed E-state index contributed by atoms with van der Waals surface area (Å²) in [7, 11) is 0. The summed E-state index contributed by atoms with van der Waals surface area (Å²) in [6.45, 7) is 1.68. The molecule has 1 unspecified atom stereocenters. The summed E-state index contributed by atoms with van der Waals surface area (Å²) in [4.78, 5) is 0. The highest BCUT2D eigenvalue weighted by Crippen LogP contribution is 2.20. The van der Waals surface area contributed by atoms with Crippen LogP contribution >= 0.6 is 0 Å². The van der Waals surface area contributed by atoms with E-state index in [1.54, 1.807) is 19.1 Å². The number of aliphatic hydroxyl groups excluding tert-OH is 1. The summed E-state index contributed by atoms with van der Waals surface area (Å²) in [6.07, 6.45) is -0.541. The summed E-state index contributed by atoms with van der Waals surface area (Å²) in [5, 5.41) is 16.7. The molecule has 0 amide bonds. The Kier molecular flexibility index (Phi) is 1.55. The molecule has 1 atom stereocenters. The van der Waals surface area contributed by atoms with Crippen molar-refractivity contribution in [2.75, 3.05) is 0 Å². The molecule has 0 aliphatic rings. The van der Waals surface area contributed by atoms with Gasteiger partial charge in [0, 0.05) is 5.56 Å². The van der Waals surface area contributed by atoms with E-state index in [0.29, 0.717) is 11.0 Å². The van der Waals surface area contributed by atoms with E-state index in [4.69, 9.17) is 0 Å². The van der Waals surface area contributed by atoms with E-state index in [1.165, 1.54) is 0 Å². The highest BCUT2D eigenvalue weighted by atomic mass is 16.6. The van der Waals surface area contributed by atoms with Crippen molar-refractivity contribution >= 4 is 11.0 Å². The van der Waals surface area contributed by atoms with Crippen LogP contribution in [-0.2, 0) is 0 Å². The quantitative estimate of drug-likeness (QED) is 0.689. The Bertz CT molecular complexity index is 395. The van der Waals surface area contributed by atoms with Crippen LogP contribution in [0.5, 0.6) is 0 Å². The number of aliphatic hydroxyl groups is 1. The van der Waals surface area contributed by atoms with Gasteiger partial charge < -0.3 is 5.11 Å². The summed E-state index contributed by atoms with van der Waals surface area (Å²) in [5.41, 5.74) is 2.05. The molecule has 0 aliphatic carbocycles. The molecular weight excluding hydrogens is 156 g/mol. The fourth-order valence-electron chi connectivity index (χ4n) is 1.16. The van der Waals surface area contributed by atoms with Gasteiger partial charge in [0.15, 0.2) is 0 Å². The largest absolute Gasteiger partial charge is 0.389 e. The maximum absolute atomic E-state index is 9.33. The Hall–Kier alpha value is -1.42. The zero-order valence-corrected chi connectivity index (χ0v) is 6.56. The Morgan fingerprint density at radius 1 is 1.42 bits per heavy atom. The third-order valence-corrected chi connectivity index (χ3v) is 1.77. The Morgan fingerprint density at radius 2 is 2.25 bits per heavy atom. The number of benzene rings is 1. The topological polar surface area (TPSA) is 59.2 Å². The van der Waals surface area contributed by atoms with Crippen molar-refractivity contribution in [2.45, 2.75) is 13.0 Å². The van der Waals surface area contributed by atoms with Crippen LogP contribution in [0.3, 0.4) is 0 Å². The van der Waals surface area contributed by atoms with Crippen LogP contribution in [0.25, 0.3) is 11.0 Å². The molecule has 12 heavy (non-hydrogen) atoms. The molecular formula is C8H8N2O2. The summed E-state index contributed by atoms with van der Waals surface area (Å²) in [6, 6.07) is 5.41. The highest BCUT2D eigenvalue weighted by Gasteiger charge is 2.09. The molecule has 0 aliphatic heterocycles. The van der Waals surface area contributed by atoms with Crippen LogP contribution in [0.2, 0.25) is 0 Å². The molecule has 0 saturated carbocycles. The minimum Gasteiger partial charge on any atom is -0.389 e. The first-order valence-corrected chi connectivity index (χ1v) is 3.68. The first-order chi connectivity index (χ1) is 5.79. The summed E-state index contributed by atoms with van der Waals surface area (Å²) >= 11 is 0. The molecule has 0 saturated heterocycles. The van der Waals surface area contributed by atoms with Crippen LogP contribution in [0.4, 0.5) is 0 Å². The molecule has 1 aromatic carbocycles. The van der Waals surface area contributed by atoms with E-state index >= 15 is 0 Å². The fourth-order valence-corrected chi connectivity index (χ4v) is 1.16. The van der Waals surface area contributed by atoms with Gasteiger partial charge in [-0.2, -0.15) is 0 Å². The normalized spacial score (nSPS) is 13.5. The molecule has 0 fully saturated rings. The van der Waals surface area contributed by atoms with Gasteiger partial charge in [-0.15, -0.1) is 0 Å². The molecule has 4 nitrogen and oxygen atoms in total. The molecule has 2 aromatic rings. The lowest BCUT2D eigenvalue weighted by atomic mass is 10.1. The number of aromatic nitrogens is 2. The highest BCUT2D eigenvalue weighted by molar-refractivity contribution is 5.77. The molecule has 0 bridgehead atoms. The van der Waals surface area contributed by atoms with Crippen molar-refractivity contribution in [1.29, 1.82) is 0 Å². The lowest BCUT2D eigenvalue weighted by Gasteiger charge is -2.02. The van der Waals surface area contributed by atoms with Crippen molar-refractivity contribution in [3.63, 3.8) is 0 Å². The smallest absolute Gasteiger partial charge is 0.141 e. The molecule has 1 heterocycles. The zero-order chi connectivity index (χ0) is 8.55. The molecule has 1 N–H and O–H groups in total. The average Bonchev–Trinajstić information content (AvgIpc) is 2.49. The summed E-state index contributed by atoms with van der Waals surface area (Å²) < 4.78 is 4.54. The van der Waals surface area contributed by atoms with Gasteiger partial charge >= 0.3 is 0 Å². The second kappa shape index (κ2) is 2.57. The summed E-state index contributed by atoms with van der Waals surface area (Å²) in [5.74, 6) is 0. The van der Waals surface area contributed by atoms with Gasteiger partial charge in [-0.1, -0.05) is 12.1 Å². The number of hydrogen-bond donors (Lipinski definition) is 1. The standard InChI is InChI=1S/C8H8N2O2/c1-5(11)6-3-2-4-7-8(6)10-12-9-7/h2-5,11H,1H3. The minimum atomic E-state index is -0.541. The maximum atomic E-state index is 9.33. The minimum absolute atomic E-state index is 0.541. The van der Waals surface area contributed by atoms with Crippen LogP contribution in [0.15, 0.2) is 22.8 Å². The SMILES string of the molecule is CC(O)c1cccc2nonc12. The van der Waals surface area contributed by atoms with Gasteiger partial charge in [-0.3, -0.25) is 0 Å². The molecule has 4 heteroatoms. The van der Waals surface area contributed by atoms with E-state index in [1.807, 2.05) is 6.07 Å². The van der Waals surface area contributed by atoms with Crippen molar-refractivity contribution in [3.05, 3.63) is 23.8 Å². The number of nitrogens with zero attached hydrogens (tertiary/aromatic N) is 2. The van der Waals surface area contributed by atoms with Crippen LogP contribution in [0, 0.1) is 0 Å². The van der Waals surface area contributed by atoms with E-state index in [9.17, 15) is 5.11 Å². The van der Waals surface area contributed by atoms with E-state index in [0.717, 1.165) is 5.56 Å². The maximum Gasteiger partial charge on any atom is 0.141 e. The zero-order valence-electron chi connectivity index (χ0n) is 6.56. The Morgan fingerprint density at radius 3 is 3.00 bits per heavy atom. The van der Waals surface area contributed by atoms with Gasteiger partial charge in [0.1, 0.15) is 11.0 Å². The Balaban J connectivity index is 2.73. The third-order valence-electron chi connectivity index (χ3n) is 1.77.